The average molecular weight is 445 g/mol. The van der Waals surface area contributed by atoms with Crippen LogP contribution >= 0.6 is 0 Å². The van der Waals surface area contributed by atoms with Gasteiger partial charge in [0.05, 0.1) is 29.4 Å². The molecule has 0 spiro atoms. The second-order valence-electron chi connectivity index (χ2n) is 9.14. The van der Waals surface area contributed by atoms with Gasteiger partial charge in [0, 0.05) is 29.5 Å². The minimum absolute atomic E-state index is 0.123. The SMILES string of the molecule is Cc1nn(Cc2ccccc2)c(C)c1CNC(=O)c1cc(C(C)C)nc2c1cnn2C(C)C. The lowest BCUT2D eigenvalue weighted by atomic mass is 10.0. The van der Waals surface area contributed by atoms with E-state index in [0.29, 0.717) is 18.7 Å². The summed E-state index contributed by atoms with van der Waals surface area (Å²) in [4.78, 5) is 18.1. The first kappa shape index (κ1) is 22.7. The minimum Gasteiger partial charge on any atom is -0.348 e. The molecular formula is C26H32N6O. The van der Waals surface area contributed by atoms with Gasteiger partial charge in [-0.15, -0.1) is 0 Å². The number of aryl methyl sites for hydroxylation is 1. The normalized spacial score (nSPS) is 11.6. The molecule has 0 fully saturated rings. The van der Waals surface area contributed by atoms with Gasteiger partial charge < -0.3 is 5.32 Å². The molecule has 0 aliphatic heterocycles. The summed E-state index contributed by atoms with van der Waals surface area (Å²) in [7, 11) is 0. The van der Waals surface area contributed by atoms with Gasteiger partial charge in [-0.2, -0.15) is 10.2 Å². The number of hydrogen-bond donors (Lipinski definition) is 1. The van der Waals surface area contributed by atoms with E-state index in [2.05, 4.69) is 57.2 Å². The highest BCUT2D eigenvalue weighted by molar-refractivity contribution is 6.05. The predicted octanol–water partition coefficient (Wildman–Crippen LogP) is 4.93. The Hall–Kier alpha value is -3.48. The summed E-state index contributed by atoms with van der Waals surface area (Å²) in [5.74, 6) is 0.0828. The second-order valence-corrected chi connectivity index (χ2v) is 9.14. The summed E-state index contributed by atoms with van der Waals surface area (Å²) in [6.45, 7) is 13.5. The lowest BCUT2D eigenvalue weighted by Crippen LogP contribution is -2.24. The quantitative estimate of drug-likeness (QED) is 0.439. The van der Waals surface area contributed by atoms with Crippen LogP contribution in [0, 0.1) is 13.8 Å². The molecule has 1 amide bonds. The number of aromatic nitrogens is 5. The van der Waals surface area contributed by atoms with Gasteiger partial charge >= 0.3 is 0 Å². The molecule has 7 heteroatoms. The molecule has 0 bridgehead atoms. The summed E-state index contributed by atoms with van der Waals surface area (Å²) in [5, 5.41) is 13.1. The first-order chi connectivity index (χ1) is 15.8. The van der Waals surface area contributed by atoms with E-state index in [1.165, 1.54) is 5.56 Å². The van der Waals surface area contributed by atoms with Gasteiger partial charge in [0.25, 0.3) is 5.91 Å². The summed E-state index contributed by atoms with van der Waals surface area (Å²) in [6.07, 6.45) is 1.75. The van der Waals surface area contributed by atoms with Crippen LogP contribution in [0.5, 0.6) is 0 Å². The Morgan fingerprint density at radius 3 is 2.48 bits per heavy atom. The Labute approximate surface area is 194 Å². The van der Waals surface area contributed by atoms with Gasteiger partial charge in [-0.25, -0.2) is 9.67 Å². The first-order valence-electron chi connectivity index (χ1n) is 11.5. The maximum atomic E-state index is 13.3. The first-order valence-corrected chi connectivity index (χ1v) is 11.5. The van der Waals surface area contributed by atoms with Crippen molar-refractivity contribution in [3.8, 4) is 0 Å². The fourth-order valence-corrected chi connectivity index (χ4v) is 4.06. The van der Waals surface area contributed by atoms with Crippen molar-refractivity contribution < 1.29 is 4.79 Å². The van der Waals surface area contributed by atoms with E-state index in [-0.39, 0.29) is 17.9 Å². The molecule has 1 aromatic carbocycles. The second kappa shape index (κ2) is 9.17. The van der Waals surface area contributed by atoms with Crippen molar-refractivity contribution in [3.63, 3.8) is 0 Å². The van der Waals surface area contributed by atoms with Crippen molar-refractivity contribution >= 4 is 16.9 Å². The van der Waals surface area contributed by atoms with Gasteiger partial charge in [0.15, 0.2) is 5.65 Å². The highest BCUT2D eigenvalue weighted by Crippen LogP contribution is 2.24. The molecule has 0 saturated heterocycles. The van der Waals surface area contributed by atoms with E-state index >= 15 is 0 Å². The molecule has 0 atom stereocenters. The van der Waals surface area contributed by atoms with Gasteiger partial charge in [-0.1, -0.05) is 44.2 Å². The fraction of sp³-hybridized carbons (Fsp3) is 0.385. The Kier molecular flexibility index (Phi) is 6.31. The summed E-state index contributed by atoms with van der Waals surface area (Å²) >= 11 is 0. The van der Waals surface area contributed by atoms with E-state index in [9.17, 15) is 4.79 Å². The van der Waals surface area contributed by atoms with Crippen LogP contribution in [0.4, 0.5) is 0 Å². The average Bonchev–Trinajstić information content (AvgIpc) is 3.33. The van der Waals surface area contributed by atoms with E-state index < -0.39 is 0 Å². The van der Waals surface area contributed by atoms with Crippen LogP contribution in [0.3, 0.4) is 0 Å². The fourth-order valence-electron chi connectivity index (χ4n) is 4.06. The van der Waals surface area contributed by atoms with Crippen molar-refractivity contribution in [2.24, 2.45) is 0 Å². The largest absolute Gasteiger partial charge is 0.348 e. The van der Waals surface area contributed by atoms with Crippen molar-refractivity contribution in [1.29, 1.82) is 0 Å². The number of nitrogens with zero attached hydrogens (tertiary/aromatic N) is 5. The lowest BCUT2D eigenvalue weighted by molar-refractivity contribution is 0.0952. The molecule has 0 aliphatic carbocycles. The molecule has 0 unspecified atom stereocenters. The third-order valence-corrected chi connectivity index (χ3v) is 6.04. The molecule has 7 nitrogen and oxygen atoms in total. The molecule has 1 N–H and O–H groups in total. The standard InChI is InChI=1S/C26H32N6O/c1-16(2)24-12-21(23-14-28-32(17(3)4)25(23)29-24)26(33)27-13-22-18(5)30-31(19(22)6)15-20-10-8-7-9-11-20/h7-12,14,16-17H,13,15H2,1-6H3,(H,27,33). The zero-order valence-corrected chi connectivity index (χ0v) is 20.3. The van der Waals surface area contributed by atoms with Crippen molar-refractivity contribution in [2.75, 3.05) is 0 Å². The van der Waals surface area contributed by atoms with Crippen LogP contribution in [0.2, 0.25) is 0 Å². The number of hydrogen-bond acceptors (Lipinski definition) is 4. The van der Waals surface area contributed by atoms with Gasteiger partial charge in [-0.05, 0) is 45.2 Å². The number of nitrogens with one attached hydrogen (secondary N) is 1. The van der Waals surface area contributed by atoms with Crippen molar-refractivity contribution in [2.45, 2.75) is 66.6 Å². The highest BCUT2D eigenvalue weighted by Gasteiger charge is 2.20. The smallest absolute Gasteiger partial charge is 0.252 e. The molecule has 4 aromatic rings. The van der Waals surface area contributed by atoms with Crippen LogP contribution in [0.25, 0.3) is 11.0 Å². The maximum Gasteiger partial charge on any atom is 0.252 e. The number of amides is 1. The van der Waals surface area contributed by atoms with E-state index in [0.717, 1.165) is 33.7 Å². The third kappa shape index (κ3) is 4.53. The lowest BCUT2D eigenvalue weighted by Gasteiger charge is -2.12. The topological polar surface area (TPSA) is 77.6 Å². The molecule has 0 radical (unpaired) electrons. The molecule has 3 heterocycles. The molecule has 0 saturated carbocycles. The number of carbonyl (C=O) groups excluding carboxylic acids is 1. The van der Waals surface area contributed by atoms with Gasteiger partial charge in [-0.3, -0.25) is 9.48 Å². The van der Waals surface area contributed by atoms with Crippen molar-refractivity contribution in [3.05, 3.63) is 76.4 Å². The van der Waals surface area contributed by atoms with Crippen LogP contribution in [-0.4, -0.2) is 30.5 Å². The van der Waals surface area contributed by atoms with Crippen LogP contribution < -0.4 is 5.32 Å². The Morgan fingerprint density at radius 1 is 1.09 bits per heavy atom. The summed E-state index contributed by atoms with van der Waals surface area (Å²) in [5.41, 5.74) is 6.49. The molecule has 172 valence electrons. The molecule has 33 heavy (non-hydrogen) atoms. The minimum atomic E-state index is -0.123. The van der Waals surface area contributed by atoms with E-state index in [1.807, 2.05) is 40.6 Å². The maximum absolute atomic E-state index is 13.3. The molecule has 4 rings (SSSR count). The Balaban J connectivity index is 1.60. The van der Waals surface area contributed by atoms with E-state index in [1.54, 1.807) is 6.20 Å². The number of fused-ring (bicyclic) bond motifs is 1. The van der Waals surface area contributed by atoms with Crippen LogP contribution in [0.1, 0.15) is 78.2 Å². The third-order valence-electron chi connectivity index (χ3n) is 6.04. The zero-order valence-electron chi connectivity index (χ0n) is 20.3. The summed E-state index contributed by atoms with van der Waals surface area (Å²) in [6, 6.07) is 12.3. The number of benzene rings is 1. The number of rotatable bonds is 7. The van der Waals surface area contributed by atoms with Crippen LogP contribution in [-0.2, 0) is 13.1 Å². The Bertz CT molecular complexity index is 1280. The monoisotopic (exact) mass is 444 g/mol. The van der Waals surface area contributed by atoms with Gasteiger partial charge in [0.2, 0.25) is 0 Å². The molecule has 3 aromatic heterocycles. The molecule has 0 aliphatic rings. The number of pyridine rings is 1. The zero-order chi connectivity index (χ0) is 23.7. The highest BCUT2D eigenvalue weighted by atomic mass is 16.1. The van der Waals surface area contributed by atoms with Crippen molar-refractivity contribution in [1.82, 2.24) is 29.9 Å². The van der Waals surface area contributed by atoms with Crippen LogP contribution in [0.15, 0.2) is 42.6 Å². The number of carbonyl (C=O) groups is 1. The Morgan fingerprint density at radius 2 is 1.82 bits per heavy atom. The van der Waals surface area contributed by atoms with Gasteiger partial charge in [0.1, 0.15) is 0 Å². The predicted molar refractivity (Wildman–Crippen MR) is 130 cm³/mol. The molecular weight excluding hydrogens is 412 g/mol. The summed E-state index contributed by atoms with van der Waals surface area (Å²) < 4.78 is 3.88. The van der Waals surface area contributed by atoms with E-state index in [4.69, 9.17) is 10.1 Å².